The molecular formula is C16H20ClNO2. The first kappa shape index (κ1) is 14.9. The van der Waals surface area contributed by atoms with E-state index in [0.29, 0.717) is 11.8 Å². The molecule has 0 spiro atoms. The molecule has 1 heterocycles. The van der Waals surface area contributed by atoms with Gasteiger partial charge in [0.05, 0.1) is 18.9 Å². The van der Waals surface area contributed by atoms with Gasteiger partial charge in [0.2, 0.25) is 0 Å². The van der Waals surface area contributed by atoms with Gasteiger partial charge in [-0.1, -0.05) is 32.0 Å². The molecule has 2 aromatic rings. The maximum atomic E-state index is 6.13. The molecule has 0 saturated heterocycles. The van der Waals surface area contributed by atoms with Gasteiger partial charge in [-0.3, -0.25) is 0 Å². The second kappa shape index (κ2) is 7.36. The van der Waals surface area contributed by atoms with Crippen LogP contribution in [-0.4, -0.2) is 13.2 Å². The number of rotatable bonds is 7. The maximum absolute atomic E-state index is 6.13. The van der Waals surface area contributed by atoms with E-state index < -0.39 is 0 Å². The molecule has 0 aliphatic rings. The van der Waals surface area contributed by atoms with Crippen molar-refractivity contribution in [3.8, 4) is 5.75 Å². The second-order valence-electron chi connectivity index (χ2n) is 4.53. The van der Waals surface area contributed by atoms with E-state index in [1.165, 1.54) is 0 Å². The van der Waals surface area contributed by atoms with Crippen LogP contribution in [0.1, 0.15) is 37.4 Å². The summed E-state index contributed by atoms with van der Waals surface area (Å²) in [5.74, 6) is 0.887. The van der Waals surface area contributed by atoms with Gasteiger partial charge in [-0.05, 0) is 36.7 Å². The predicted octanol–water partition coefficient (Wildman–Crippen LogP) is 4.42. The Morgan fingerprint density at radius 2 is 2.00 bits per heavy atom. The lowest BCUT2D eigenvalue weighted by molar-refractivity contribution is 0.311. The molecule has 1 unspecified atom stereocenters. The van der Waals surface area contributed by atoms with Crippen LogP contribution in [0.2, 0.25) is 5.22 Å². The highest BCUT2D eigenvalue weighted by Gasteiger charge is 2.21. The van der Waals surface area contributed by atoms with Gasteiger partial charge in [-0.15, -0.1) is 0 Å². The molecule has 1 atom stereocenters. The van der Waals surface area contributed by atoms with Gasteiger partial charge in [-0.2, -0.15) is 0 Å². The molecule has 20 heavy (non-hydrogen) atoms. The van der Waals surface area contributed by atoms with E-state index in [4.69, 9.17) is 20.8 Å². The zero-order chi connectivity index (χ0) is 14.4. The van der Waals surface area contributed by atoms with Crippen LogP contribution in [-0.2, 0) is 0 Å². The Morgan fingerprint density at radius 1 is 1.20 bits per heavy atom. The smallest absolute Gasteiger partial charge is 0.198 e. The molecule has 0 saturated carbocycles. The Kier molecular flexibility index (Phi) is 5.50. The zero-order valence-corrected chi connectivity index (χ0v) is 12.6. The van der Waals surface area contributed by atoms with Crippen LogP contribution < -0.4 is 10.1 Å². The topological polar surface area (TPSA) is 34.4 Å². The normalized spacial score (nSPS) is 12.3. The first-order chi connectivity index (χ1) is 9.77. The molecule has 0 aliphatic carbocycles. The number of ether oxygens (including phenoxy) is 1. The minimum Gasteiger partial charge on any atom is -0.493 e. The van der Waals surface area contributed by atoms with Crippen LogP contribution in [0.4, 0.5) is 0 Å². The van der Waals surface area contributed by atoms with Crippen LogP contribution in [0, 0.1) is 0 Å². The Hall–Kier alpha value is -1.45. The van der Waals surface area contributed by atoms with Crippen LogP contribution in [0.5, 0.6) is 5.75 Å². The fraction of sp³-hybridized carbons (Fsp3) is 0.375. The van der Waals surface area contributed by atoms with E-state index in [9.17, 15) is 0 Å². The zero-order valence-electron chi connectivity index (χ0n) is 11.9. The van der Waals surface area contributed by atoms with Crippen LogP contribution >= 0.6 is 11.6 Å². The highest BCUT2D eigenvalue weighted by atomic mass is 35.5. The van der Waals surface area contributed by atoms with Crippen LogP contribution in [0.3, 0.4) is 0 Å². The van der Waals surface area contributed by atoms with Gasteiger partial charge in [0, 0.05) is 11.1 Å². The summed E-state index contributed by atoms with van der Waals surface area (Å²) >= 11 is 6.13. The van der Waals surface area contributed by atoms with Crippen molar-refractivity contribution in [1.29, 1.82) is 0 Å². The Balaban J connectivity index is 2.36. The minimum absolute atomic E-state index is 0.0284. The van der Waals surface area contributed by atoms with Crippen molar-refractivity contribution >= 4 is 11.6 Å². The number of halogens is 1. The van der Waals surface area contributed by atoms with Crippen molar-refractivity contribution in [2.75, 3.05) is 13.2 Å². The number of hydrogen-bond donors (Lipinski definition) is 1. The van der Waals surface area contributed by atoms with Crippen molar-refractivity contribution in [3.63, 3.8) is 0 Å². The average Bonchev–Trinajstić information content (AvgIpc) is 2.89. The highest BCUT2D eigenvalue weighted by Crippen LogP contribution is 2.34. The van der Waals surface area contributed by atoms with Crippen LogP contribution in [0.15, 0.2) is 41.0 Å². The summed E-state index contributed by atoms with van der Waals surface area (Å²) in [4.78, 5) is 0. The standard InChI is InChI=1S/C16H20ClNO2/c1-3-10-19-14-8-6-5-7-12(14)15(18-4-2)13-9-11-20-16(13)17/h5-9,11,15,18H,3-4,10H2,1-2H3. The Bertz CT molecular complexity index is 539. The quantitative estimate of drug-likeness (QED) is 0.820. The van der Waals surface area contributed by atoms with E-state index >= 15 is 0 Å². The lowest BCUT2D eigenvalue weighted by atomic mass is 10.00. The van der Waals surface area contributed by atoms with E-state index in [0.717, 1.165) is 29.8 Å². The number of furan rings is 1. The first-order valence-corrected chi connectivity index (χ1v) is 7.33. The Labute approximate surface area is 124 Å². The molecule has 0 radical (unpaired) electrons. The van der Waals surface area contributed by atoms with Gasteiger partial charge in [-0.25, -0.2) is 0 Å². The molecular weight excluding hydrogens is 274 g/mol. The van der Waals surface area contributed by atoms with Crippen molar-refractivity contribution in [3.05, 3.63) is 52.9 Å². The molecule has 108 valence electrons. The van der Waals surface area contributed by atoms with Gasteiger partial charge >= 0.3 is 0 Å². The monoisotopic (exact) mass is 293 g/mol. The third-order valence-corrected chi connectivity index (χ3v) is 3.36. The van der Waals surface area contributed by atoms with E-state index in [1.54, 1.807) is 6.26 Å². The SMILES string of the molecule is CCCOc1ccccc1C(NCC)c1ccoc1Cl. The van der Waals surface area contributed by atoms with Crippen molar-refractivity contribution in [2.45, 2.75) is 26.3 Å². The molecule has 0 fully saturated rings. The molecule has 3 nitrogen and oxygen atoms in total. The maximum Gasteiger partial charge on any atom is 0.198 e. The molecule has 4 heteroatoms. The van der Waals surface area contributed by atoms with Gasteiger partial charge in [0.1, 0.15) is 5.75 Å². The molecule has 1 aromatic carbocycles. The minimum atomic E-state index is -0.0284. The summed E-state index contributed by atoms with van der Waals surface area (Å²) in [6, 6.07) is 9.90. The lowest BCUT2D eigenvalue weighted by Crippen LogP contribution is -2.22. The second-order valence-corrected chi connectivity index (χ2v) is 4.87. The molecule has 1 N–H and O–H groups in total. The largest absolute Gasteiger partial charge is 0.493 e. The van der Waals surface area contributed by atoms with Gasteiger partial charge in [0.15, 0.2) is 5.22 Å². The molecule has 0 amide bonds. The van der Waals surface area contributed by atoms with Gasteiger partial charge < -0.3 is 14.5 Å². The average molecular weight is 294 g/mol. The summed E-state index contributed by atoms with van der Waals surface area (Å²) in [7, 11) is 0. The Morgan fingerprint density at radius 3 is 2.65 bits per heavy atom. The third kappa shape index (κ3) is 3.35. The van der Waals surface area contributed by atoms with E-state index in [2.05, 4.69) is 25.2 Å². The fourth-order valence-corrected chi connectivity index (χ4v) is 2.39. The third-order valence-electron chi connectivity index (χ3n) is 3.06. The highest BCUT2D eigenvalue weighted by molar-refractivity contribution is 6.29. The van der Waals surface area contributed by atoms with Crippen molar-refractivity contribution in [1.82, 2.24) is 5.32 Å². The van der Waals surface area contributed by atoms with E-state index in [-0.39, 0.29) is 6.04 Å². The summed E-state index contributed by atoms with van der Waals surface area (Å²) in [5, 5.41) is 3.85. The van der Waals surface area contributed by atoms with Gasteiger partial charge in [0.25, 0.3) is 0 Å². The predicted molar refractivity (Wildman–Crippen MR) is 81.5 cm³/mol. The molecule has 0 bridgehead atoms. The molecule has 1 aromatic heterocycles. The number of benzene rings is 1. The fourth-order valence-electron chi connectivity index (χ4n) is 2.16. The molecule has 0 aliphatic heterocycles. The number of para-hydroxylation sites is 1. The van der Waals surface area contributed by atoms with Crippen LogP contribution in [0.25, 0.3) is 0 Å². The first-order valence-electron chi connectivity index (χ1n) is 6.95. The summed E-state index contributed by atoms with van der Waals surface area (Å²) in [6.07, 6.45) is 2.59. The summed E-state index contributed by atoms with van der Waals surface area (Å²) in [6.45, 7) is 5.69. The lowest BCUT2D eigenvalue weighted by Gasteiger charge is -2.20. The van der Waals surface area contributed by atoms with Crippen molar-refractivity contribution in [2.24, 2.45) is 0 Å². The summed E-state index contributed by atoms with van der Waals surface area (Å²) < 4.78 is 11.1. The molecule has 2 rings (SSSR count). The summed E-state index contributed by atoms with van der Waals surface area (Å²) in [5.41, 5.74) is 2.01. The number of hydrogen-bond acceptors (Lipinski definition) is 3. The number of nitrogens with one attached hydrogen (secondary N) is 1. The van der Waals surface area contributed by atoms with E-state index in [1.807, 2.05) is 24.3 Å². The van der Waals surface area contributed by atoms with Crippen molar-refractivity contribution < 1.29 is 9.15 Å².